The number of nitrogens with zero attached hydrogens (tertiary/aromatic N) is 2. The Morgan fingerprint density at radius 1 is 1.24 bits per heavy atom. The largest absolute Gasteiger partial charge is 0.461 e. The molecule has 0 radical (unpaired) electrons. The zero-order valence-electron chi connectivity index (χ0n) is 11.2. The lowest BCUT2D eigenvalue weighted by atomic mass is 10.3. The molecule has 1 aromatic rings. The smallest absolute Gasteiger partial charge is 0.367 e. The van der Waals surface area contributed by atoms with Gasteiger partial charge >= 0.3 is 5.97 Å². The molecule has 9 nitrogen and oxygen atoms in total. The number of esters is 1. The first-order valence-electron chi connectivity index (χ1n) is 5.83. The fraction of sp³-hybridized carbons (Fsp3) is 0.364. The van der Waals surface area contributed by atoms with Gasteiger partial charge in [0.1, 0.15) is 18.8 Å². The second-order valence-electron chi connectivity index (χ2n) is 3.85. The molecule has 0 atom stereocenters. The van der Waals surface area contributed by atoms with Crippen LogP contribution in [0.1, 0.15) is 27.2 Å². The van der Waals surface area contributed by atoms with Crippen LogP contribution in [-0.4, -0.2) is 53.3 Å². The number of nitrogens with two attached hydrogens (primary N) is 2. The van der Waals surface area contributed by atoms with E-state index in [1.807, 2.05) is 0 Å². The molecule has 0 fully saturated rings. The standard InChI is InChI=1S/C11H14N4O5S/c1-2-20-11(19)9-14-6(5-21-9)10(18)15(3-7(12)16)4-8(13)17/h5H,2-4H2,1H3,(H2,12,16)(H2,13,17). The molecule has 0 saturated carbocycles. The number of thiazole rings is 1. The molecule has 0 bridgehead atoms. The van der Waals surface area contributed by atoms with Crippen molar-refractivity contribution in [2.24, 2.45) is 11.5 Å². The van der Waals surface area contributed by atoms with Gasteiger partial charge in [0.05, 0.1) is 6.61 Å². The quantitative estimate of drug-likeness (QED) is 0.600. The highest BCUT2D eigenvalue weighted by atomic mass is 32.1. The molecule has 0 spiro atoms. The minimum absolute atomic E-state index is 0.00157. The molecule has 0 aliphatic carbocycles. The highest BCUT2D eigenvalue weighted by molar-refractivity contribution is 7.11. The minimum Gasteiger partial charge on any atom is -0.461 e. The Bertz CT molecular complexity index is 555. The summed E-state index contributed by atoms with van der Waals surface area (Å²) in [4.78, 5) is 50.1. The monoisotopic (exact) mass is 314 g/mol. The number of rotatable bonds is 7. The topological polar surface area (TPSA) is 146 Å². The van der Waals surface area contributed by atoms with Crippen LogP contribution in [0.15, 0.2) is 5.38 Å². The SMILES string of the molecule is CCOC(=O)c1nc(C(=O)N(CC(N)=O)CC(N)=O)cs1. The first kappa shape index (κ1) is 16.6. The molecular formula is C11H14N4O5S. The molecule has 0 aliphatic heterocycles. The molecule has 10 heteroatoms. The maximum atomic E-state index is 12.1. The molecule has 1 aromatic heterocycles. The third-order valence-electron chi connectivity index (χ3n) is 2.15. The first-order valence-corrected chi connectivity index (χ1v) is 6.71. The van der Waals surface area contributed by atoms with Crippen LogP contribution in [0.3, 0.4) is 0 Å². The minimum atomic E-state index is -0.801. The van der Waals surface area contributed by atoms with E-state index in [0.29, 0.717) is 0 Å². The molecule has 3 amide bonds. The Kier molecular flexibility index (Phi) is 5.79. The number of carbonyl (C=O) groups excluding carboxylic acids is 4. The van der Waals surface area contributed by atoms with Gasteiger partial charge in [-0.2, -0.15) is 0 Å². The highest BCUT2D eigenvalue weighted by Gasteiger charge is 2.23. The number of primary amides is 2. The Morgan fingerprint density at radius 2 is 1.81 bits per heavy atom. The van der Waals surface area contributed by atoms with Crippen LogP contribution >= 0.6 is 11.3 Å². The van der Waals surface area contributed by atoms with E-state index in [9.17, 15) is 19.2 Å². The number of hydrogen-bond donors (Lipinski definition) is 2. The predicted molar refractivity (Wildman–Crippen MR) is 72.4 cm³/mol. The summed E-state index contributed by atoms with van der Waals surface area (Å²) in [6.07, 6.45) is 0. The zero-order chi connectivity index (χ0) is 16.0. The van der Waals surface area contributed by atoms with Gasteiger partial charge in [-0.05, 0) is 6.92 Å². The van der Waals surface area contributed by atoms with E-state index in [1.165, 1.54) is 5.38 Å². The van der Waals surface area contributed by atoms with Crippen molar-refractivity contribution in [1.29, 1.82) is 0 Å². The van der Waals surface area contributed by atoms with Crippen molar-refractivity contribution in [2.75, 3.05) is 19.7 Å². The average molecular weight is 314 g/mol. The molecule has 4 N–H and O–H groups in total. The fourth-order valence-corrected chi connectivity index (χ4v) is 2.08. The van der Waals surface area contributed by atoms with Crippen LogP contribution < -0.4 is 11.5 Å². The van der Waals surface area contributed by atoms with E-state index in [2.05, 4.69) is 4.98 Å². The Hall–Kier alpha value is -2.49. The molecule has 0 saturated heterocycles. The van der Waals surface area contributed by atoms with Gasteiger partial charge in [0.15, 0.2) is 0 Å². The summed E-state index contributed by atoms with van der Waals surface area (Å²) in [6, 6.07) is 0. The number of amides is 3. The van der Waals surface area contributed by atoms with Crippen LogP contribution in [0.5, 0.6) is 0 Å². The molecule has 114 valence electrons. The van der Waals surface area contributed by atoms with Crippen molar-refractivity contribution < 1.29 is 23.9 Å². The van der Waals surface area contributed by atoms with E-state index in [-0.39, 0.29) is 17.3 Å². The first-order chi connectivity index (χ1) is 9.85. The Balaban J connectivity index is 2.90. The van der Waals surface area contributed by atoms with Crippen LogP contribution in [0.25, 0.3) is 0 Å². The van der Waals surface area contributed by atoms with Crippen molar-refractivity contribution in [3.8, 4) is 0 Å². The van der Waals surface area contributed by atoms with Crippen molar-refractivity contribution in [2.45, 2.75) is 6.92 Å². The molecule has 0 aromatic carbocycles. The normalized spacial score (nSPS) is 9.95. The second-order valence-corrected chi connectivity index (χ2v) is 4.71. The lowest BCUT2D eigenvalue weighted by molar-refractivity contribution is -0.121. The second kappa shape index (κ2) is 7.33. The van der Waals surface area contributed by atoms with E-state index in [4.69, 9.17) is 16.2 Å². The van der Waals surface area contributed by atoms with Crippen LogP contribution in [0.2, 0.25) is 0 Å². The third kappa shape index (κ3) is 4.84. The predicted octanol–water partition coefficient (Wildman–Crippen LogP) is -1.27. The third-order valence-corrected chi connectivity index (χ3v) is 2.98. The van der Waals surface area contributed by atoms with Crippen molar-refractivity contribution in [3.05, 3.63) is 16.1 Å². The summed E-state index contributed by atoms with van der Waals surface area (Å²) in [5.41, 5.74) is 9.91. The van der Waals surface area contributed by atoms with Gasteiger partial charge in [0.2, 0.25) is 16.8 Å². The summed E-state index contributed by atoms with van der Waals surface area (Å²) in [5.74, 6) is -2.98. The summed E-state index contributed by atoms with van der Waals surface area (Å²) < 4.78 is 4.75. The maximum Gasteiger partial charge on any atom is 0.367 e. The number of carbonyl (C=O) groups is 4. The van der Waals surface area contributed by atoms with E-state index < -0.39 is 36.8 Å². The fourth-order valence-electron chi connectivity index (χ4n) is 1.40. The highest BCUT2D eigenvalue weighted by Crippen LogP contribution is 2.13. The molecular weight excluding hydrogens is 300 g/mol. The Morgan fingerprint density at radius 3 is 2.29 bits per heavy atom. The van der Waals surface area contributed by atoms with E-state index >= 15 is 0 Å². The van der Waals surface area contributed by atoms with Gasteiger partial charge in [-0.3, -0.25) is 14.4 Å². The van der Waals surface area contributed by atoms with Crippen molar-refractivity contribution in [3.63, 3.8) is 0 Å². The van der Waals surface area contributed by atoms with Crippen molar-refractivity contribution in [1.82, 2.24) is 9.88 Å². The number of hydrogen-bond acceptors (Lipinski definition) is 7. The summed E-state index contributed by atoms with van der Waals surface area (Å²) in [6.45, 7) is 0.859. The van der Waals surface area contributed by atoms with Crippen LogP contribution in [0, 0.1) is 0 Å². The van der Waals surface area contributed by atoms with Gasteiger partial charge in [-0.25, -0.2) is 9.78 Å². The van der Waals surface area contributed by atoms with E-state index in [1.54, 1.807) is 6.92 Å². The number of ether oxygens (including phenoxy) is 1. The molecule has 1 heterocycles. The van der Waals surface area contributed by atoms with E-state index in [0.717, 1.165) is 16.2 Å². The van der Waals surface area contributed by atoms with Gasteiger partial charge in [0.25, 0.3) is 5.91 Å². The van der Waals surface area contributed by atoms with Gasteiger partial charge in [-0.1, -0.05) is 0 Å². The number of aromatic nitrogens is 1. The van der Waals surface area contributed by atoms with Crippen molar-refractivity contribution >= 4 is 35.0 Å². The average Bonchev–Trinajstić information content (AvgIpc) is 2.85. The molecule has 0 aliphatic rings. The molecule has 21 heavy (non-hydrogen) atoms. The summed E-state index contributed by atoms with van der Waals surface area (Å²) >= 11 is 0.916. The van der Waals surface area contributed by atoms with Gasteiger partial charge in [-0.15, -0.1) is 11.3 Å². The summed E-state index contributed by atoms with van der Waals surface area (Å²) in [7, 11) is 0. The maximum absolute atomic E-state index is 12.1. The van der Waals surface area contributed by atoms with Gasteiger partial charge < -0.3 is 21.1 Å². The lowest BCUT2D eigenvalue weighted by Gasteiger charge is -2.17. The van der Waals surface area contributed by atoms with Gasteiger partial charge in [0, 0.05) is 5.38 Å². The molecule has 0 unspecified atom stereocenters. The Labute approximate surface area is 123 Å². The zero-order valence-corrected chi connectivity index (χ0v) is 12.0. The van der Waals surface area contributed by atoms with Crippen LogP contribution in [-0.2, 0) is 14.3 Å². The van der Waals surface area contributed by atoms with Crippen LogP contribution in [0.4, 0.5) is 0 Å². The molecule has 1 rings (SSSR count). The summed E-state index contributed by atoms with van der Waals surface area (Å²) in [5, 5.41) is 1.32. The lowest BCUT2D eigenvalue weighted by Crippen LogP contribution is -2.43.